The van der Waals surface area contributed by atoms with Gasteiger partial charge in [-0.25, -0.2) is 0 Å². The molecule has 1 fully saturated rings. The zero-order valence-electron chi connectivity index (χ0n) is 13.3. The molecule has 3 aliphatic carbocycles. The van der Waals surface area contributed by atoms with Gasteiger partial charge in [-0.05, 0) is 38.7 Å². The predicted octanol–water partition coefficient (Wildman–Crippen LogP) is 3.15. The minimum absolute atomic E-state index is 0.0262. The SMILES string of the molecule is CCN(CC)C(=O)[C@]12c3ccccc3O[C@H]1[C@@H]1C=C[C@H]2CC1. The zero-order valence-corrected chi connectivity index (χ0v) is 13.3. The highest BCUT2D eigenvalue weighted by molar-refractivity contribution is 5.92. The first-order chi connectivity index (χ1) is 10.7. The summed E-state index contributed by atoms with van der Waals surface area (Å²) in [4.78, 5) is 15.5. The van der Waals surface area contributed by atoms with Gasteiger partial charge < -0.3 is 9.64 Å². The molecular formula is C19H23NO2. The number of para-hydroxylation sites is 1. The van der Waals surface area contributed by atoms with Crippen LogP contribution in [0.5, 0.6) is 5.75 Å². The van der Waals surface area contributed by atoms with Gasteiger partial charge in [0.25, 0.3) is 0 Å². The number of carbonyl (C=O) groups is 1. The molecule has 0 radical (unpaired) electrons. The number of allylic oxidation sites excluding steroid dienone is 1. The van der Waals surface area contributed by atoms with E-state index in [1.165, 1.54) is 0 Å². The lowest BCUT2D eigenvalue weighted by molar-refractivity contribution is -0.145. The maximum atomic E-state index is 13.5. The van der Waals surface area contributed by atoms with Gasteiger partial charge in [-0.15, -0.1) is 0 Å². The van der Waals surface area contributed by atoms with Crippen LogP contribution in [0.1, 0.15) is 32.3 Å². The third-order valence-corrected chi connectivity index (χ3v) is 5.82. The van der Waals surface area contributed by atoms with E-state index in [2.05, 4.69) is 32.1 Å². The van der Waals surface area contributed by atoms with Gasteiger partial charge in [0, 0.05) is 24.6 Å². The van der Waals surface area contributed by atoms with Crippen molar-refractivity contribution in [1.29, 1.82) is 0 Å². The van der Waals surface area contributed by atoms with Crippen molar-refractivity contribution in [1.82, 2.24) is 4.90 Å². The largest absolute Gasteiger partial charge is 0.488 e. The Hall–Kier alpha value is -1.77. The van der Waals surface area contributed by atoms with Crippen molar-refractivity contribution in [3.05, 3.63) is 42.0 Å². The van der Waals surface area contributed by atoms with Gasteiger partial charge in [0.1, 0.15) is 17.3 Å². The molecule has 1 aliphatic heterocycles. The van der Waals surface area contributed by atoms with Crippen LogP contribution in [-0.4, -0.2) is 30.0 Å². The molecule has 0 N–H and O–H groups in total. The number of amides is 1. The molecular weight excluding hydrogens is 274 g/mol. The quantitative estimate of drug-likeness (QED) is 0.802. The number of hydrogen-bond donors (Lipinski definition) is 0. The van der Waals surface area contributed by atoms with E-state index in [-0.39, 0.29) is 17.9 Å². The second-order valence-corrected chi connectivity index (χ2v) is 6.61. The number of hydrogen-bond acceptors (Lipinski definition) is 2. The molecule has 22 heavy (non-hydrogen) atoms. The Kier molecular flexibility index (Phi) is 3.07. The maximum absolute atomic E-state index is 13.5. The van der Waals surface area contributed by atoms with E-state index < -0.39 is 5.41 Å². The van der Waals surface area contributed by atoms with Crippen LogP contribution in [0.2, 0.25) is 0 Å². The molecule has 0 unspecified atom stereocenters. The average molecular weight is 297 g/mol. The van der Waals surface area contributed by atoms with E-state index in [0.717, 1.165) is 37.2 Å². The third-order valence-electron chi connectivity index (χ3n) is 5.82. The molecule has 5 rings (SSSR count). The molecule has 1 aromatic rings. The highest BCUT2D eigenvalue weighted by Crippen LogP contribution is 2.58. The Morgan fingerprint density at radius 3 is 2.68 bits per heavy atom. The molecule has 1 amide bonds. The molecule has 3 nitrogen and oxygen atoms in total. The maximum Gasteiger partial charge on any atom is 0.237 e. The van der Waals surface area contributed by atoms with Gasteiger partial charge in [0.2, 0.25) is 5.91 Å². The number of nitrogens with zero attached hydrogens (tertiary/aromatic N) is 1. The lowest BCUT2D eigenvalue weighted by atomic mass is 9.55. The zero-order chi connectivity index (χ0) is 15.3. The monoisotopic (exact) mass is 297 g/mol. The van der Waals surface area contributed by atoms with E-state index in [1.54, 1.807) is 0 Å². The molecule has 2 bridgehead atoms. The van der Waals surface area contributed by atoms with Crippen LogP contribution >= 0.6 is 0 Å². The molecule has 0 aromatic heterocycles. The minimum Gasteiger partial charge on any atom is -0.488 e. The minimum atomic E-state index is -0.500. The topological polar surface area (TPSA) is 29.5 Å². The summed E-state index contributed by atoms with van der Waals surface area (Å²) in [5.41, 5.74) is 0.608. The van der Waals surface area contributed by atoms with Crippen molar-refractivity contribution in [2.45, 2.75) is 38.2 Å². The molecule has 4 atom stereocenters. The number of benzene rings is 1. The Labute approximate surface area is 132 Å². The first-order valence-corrected chi connectivity index (χ1v) is 8.47. The number of ether oxygens (including phenoxy) is 1. The van der Waals surface area contributed by atoms with Crippen molar-refractivity contribution < 1.29 is 9.53 Å². The Morgan fingerprint density at radius 2 is 2.00 bits per heavy atom. The molecule has 116 valence electrons. The Balaban J connectivity index is 1.91. The first-order valence-electron chi connectivity index (χ1n) is 8.47. The van der Waals surface area contributed by atoms with Gasteiger partial charge in [0.05, 0.1) is 0 Å². The first kappa shape index (κ1) is 13.9. The average Bonchev–Trinajstić information content (AvgIpc) is 2.95. The van der Waals surface area contributed by atoms with E-state index >= 15 is 0 Å². The predicted molar refractivity (Wildman–Crippen MR) is 85.8 cm³/mol. The van der Waals surface area contributed by atoms with Crippen LogP contribution in [0.15, 0.2) is 36.4 Å². The lowest BCUT2D eigenvalue weighted by Gasteiger charge is -2.50. The van der Waals surface area contributed by atoms with Crippen LogP contribution in [0.25, 0.3) is 0 Å². The third kappa shape index (κ3) is 1.54. The van der Waals surface area contributed by atoms with Gasteiger partial charge in [0.15, 0.2) is 0 Å². The fraction of sp³-hybridized carbons (Fsp3) is 0.526. The summed E-state index contributed by atoms with van der Waals surface area (Å²) in [6.45, 7) is 5.64. The summed E-state index contributed by atoms with van der Waals surface area (Å²) in [6, 6.07) is 8.16. The second kappa shape index (κ2) is 4.87. The molecule has 3 heteroatoms. The molecule has 4 aliphatic rings. The van der Waals surface area contributed by atoms with E-state index in [1.807, 2.05) is 23.1 Å². The molecule has 0 spiro atoms. The highest BCUT2D eigenvalue weighted by Gasteiger charge is 2.64. The van der Waals surface area contributed by atoms with Gasteiger partial charge in [-0.2, -0.15) is 0 Å². The van der Waals surface area contributed by atoms with E-state index in [9.17, 15) is 4.79 Å². The van der Waals surface area contributed by atoms with E-state index in [4.69, 9.17) is 4.74 Å². The van der Waals surface area contributed by atoms with Gasteiger partial charge in [-0.3, -0.25) is 4.79 Å². The van der Waals surface area contributed by atoms with Crippen LogP contribution < -0.4 is 4.74 Å². The van der Waals surface area contributed by atoms with Crippen molar-refractivity contribution in [3.63, 3.8) is 0 Å². The standard InChI is InChI=1S/C19H23NO2/c1-3-20(4-2)18(21)19-14-11-9-13(10-12-14)17(19)22-16-8-6-5-7-15(16)19/h5-9,11,13-14,17H,3-4,10,12H2,1-2H3/t13-,14+,17+,19-/m1/s1. The fourth-order valence-corrected chi connectivity index (χ4v) is 4.77. The molecule has 1 heterocycles. The summed E-state index contributed by atoms with van der Waals surface area (Å²) < 4.78 is 6.31. The number of rotatable bonds is 3. The Bertz CT molecular complexity index is 634. The smallest absolute Gasteiger partial charge is 0.237 e. The molecule has 1 saturated carbocycles. The Morgan fingerprint density at radius 1 is 1.23 bits per heavy atom. The van der Waals surface area contributed by atoms with Crippen LogP contribution in [0, 0.1) is 11.8 Å². The van der Waals surface area contributed by atoms with Gasteiger partial charge >= 0.3 is 0 Å². The summed E-state index contributed by atoms with van der Waals surface area (Å²) in [6.07, 6.45) is 6.74. The van der Waals surface area contributed by atoms with Crippen LogP contribution in [-0.2, 0) is 10.2 Å². The number of carbonyl (C=O) groups excluding carboxylic acids is 1. The second-order valence-electron chi connectivity index (χ2n) is 6.61. The molecule has 0 saturated heterocycles. The fourth-order valence-electron chi connectivity index (χ4n) is 4.77. The van der Waals surface area contributed by atoms with Crippen molar-refractivity contribution in [3.8, 4) is 5.75 Å². The molecule has 1 aromatic carbocycles. The summed E-state index contributed by atoms with van der Waals surface area (Å²) >= 11 is 0. The highest BCUT2D eigenvalue weighted by atomic mass is 16.5. The summed E-state index contributed by atoms with van der Waals surface area (Å²) in [5, 5.41) is 0. The summed E-state index contributed by atoms with van der Waals surface area (Å²) in [7, 11) is 0. The summed E-state index contributed by atoms with van der Waals surface area (Å²) in [5.74, 6) is 1.79. The van der Waals surface area contributed by atoms with Crippen molar-refractivity contribution in [2.24, 2.45) is 11.8 Å². The normalized spacial score (nSPS) is 34.0. The number of likely N-dealkylation sites (N-methyl/N-ethyl adjacent to an activating group) is 1. The van der Waals surface area contributed by atoms with Crippen molar-refractivity contribution >= 4 is 5.91 Å². The van der Waals surface area contributed by atoms with Crippen LogP contribution in [0.3, 0.4) is 0 Å². The lowest BCUT2D eigenvalue weighted by Crippen LogP contribution is -2.62. The van der Waals surface area contributed by atoms with Crippen molar-refractivity contribution in [2.75, 3.05) is 13.1 Å². The van der Waals surface area contributed by atoms with E-state index in [0.29, 0.717) is 5.92 Å². The van der Waals surface area contributed by atoms with Crippen LogP contribution in [0.4, 0.5) is 0 Å². The number of fused-ring (bicyclic) bond motifs is 2. The van der Waals surface area contributed by atoms with Gasteiger partial charge in [-0.1, -0.05) is 30.4 Å².